The summed E-state index contributed by atoms with van der Waals surface area (Å²) in [6.07, 6.45) is -0.544. The summed E-state index contributed by atoms with van der Waals surface area (Å²) in [5.41, 5.74) is 8.30. The number of imidazole rings is 1. The Balaban J connectivity index is 1.47. The van der Waals surface area contributed by atoms with Crippen molar-refractivity contribution < 1.29 is 20.2 Å². The number of hydrogen-bond donors (Lipinski definition) is 1. The second-order valence-electron chi connectivity index (χ2n) is 21.0. The highest BCUT2D eigenvalue weighted by Crippen LogP contribution is 2.44. The quantitative estimate of drug-likeness (QED) is 0.166. The monoisotopic (exact) mass is 869 g/mol. The number of pyridine rings is 1. The van der Waals surface area contributed by atoms with Crippen molar-refractivity contribution >= 4 is 11.0 Å². The highest BCUT2D eigenvalue weighted by Gasteiger charge is 2.26. The summed E-state index contributed by atoms with van der Waals surface area (Å²) in [5.74, 6) is 0.340. The van der Waals surface area contributed by atoms with Crippen LogP contribution in [0.1, 0.15) is 150 Å². The smallest absolute Gasteiger partial charge is 0.149 e. The zero-order chi connectivity index (χ0) is 56.2. The van der Waals surface area contributed by atoms with Crippen LogP contribution in [0.2, 0.25) is 0 Å². The van der Waals surface area contributed by atoms with Gasteiger partial charge >= 0.3 is 0 Å². The molecule has 0 saturated heterocycles. The normalized spacial score (nSPS) is 15.1. The van der Waals surface area contributed by atoms with Gasteiger partial charge in [-0.2, -0.15) is 0 Å². The van der Waals surface area contributed by atoms with E-state index in [1.165, 1.54) is 0 Å². The molecule has 8 aromatic rings. The summed E-state index contributed by atoms with van der Waals surface area (Å²) in [6, 6.07) is 23.3. The molecule has 0 amide bonds. The molecular weight excluding hydrogens is 791 g/mol. The number of aromatic nitrogens is 3. The molecule has 4 heteroatoms. The first-order chi connectivity index (χ1) is 35.1. The molecule has 8 rings (SSSR count). The van der Waals surface area contributed by atoms with E-state index in [2.05, 4.69) is 78.6 Å². The standard InChI is InChI=1S/C61H67N3O/c1-37(2)43-33-51(38(3)4)57(65)52(34-43)58-63-56-50(45-28-46(32-47(31-45)59(6,7)8)53-35-42(25-26-62-53)40-19-16-15-17-20-40)21-18-22-55(56)64(58)54-24-23-41(27-39(54)5)44-29-48(60(9,10)11)36-49(30-44)61(12,13)14/h15-38,65H,1-14H3/i5D3,15D,16D,17D,19D,20D,25D,26D,35D. The van der Waals surface area contributed by atoms with Crippen LogP contribution >= 0.6 is 0 Å². The Morgan fingerprint density at radius 1 is 0.600 bits per heavy atom. The molecule has 2 heterocycles. The van der Waals surface area contributed by atoms with Gasteiger partial charge in [-0.3, -0.25) is 9.55 Å². The number of phenolic OH excluding ortho intramolecular Hbond substituents is 1. The molecule has 0 spiro atoms. The first kappa shape index (κ1) is 33.3. The van der Waals surface area contributed by atoms with Gasteiger partial charge in [0.2, 0.25) is 0 Å². The number of nitrogens with zero attached hydrogens (tertiary/aromatic N) is 3. The molecule has 0 bridgehead atoms. The Bertz CT molecular complexity index is 3580. The van der Waals surface area contributed by atoms with Crippen molar-refractivity contribution in [1.82, 2.24) is 14.5 Å². The summed E-state index contributed by atoms with van der Waals surface area (Å²) in [7, 11) is 0. The van der Waals surface area contributed by atoms with Crippen molar-refractivity contribution in [3.05, 3.63) is 167 Å². The second kappa shape index (κ2) is 16.9. The average Bonchev–Trinajstić information content (AvgIpc) is 3.73. The molecule has 0 unspecified atom stereocenters. The van der Waals surface area contributed by atoms with Crippen LogP contribution in [0.3, 0.4) is 0 Å². The van der Waals surface area contributed by atoms with Crippen molar-refractivity contribution in [2.75, 3.05) is 0 Å². The number of para-hydroxylation sites is 1. The van der Waals surface area contributed by atoms with E-state index in [-0.39, 0.29) is 56.8 Å². The molecule has 0 fully saturated rings. The van der Waals surface area contributed by atoms with Crippen molar-refractivity contribution in [1.29, 1.82) is 0 Å². The van der Waals surface area contributed by atoms with Crippen molar-refractivity contribution in [3.8, 4) is 67.5 Å². The molecule has 6 aromatic carbocycles. The SMILES string of the molecule is [2H]c1nc(-c2cc(-c3cccc4c3nc(-c3cc(C(C)C)cc(C(C)C)c3O)n4-c3ccc(-c4cc(C(C)(C)C)cc(C(C)(C)C)c4)cc3C([2H])([2H])[2H])cc(C(C)(C)C)c2)c([2H])c(-c2c([2H])c([2H])c([2H])c([2H])c2[2H])c1[2H]. The number of benzene rings is 6. The molecule has 0 radical (unpaired) electrons. The molecule has 2 aromatic heterocycles. The molecule has 332 valence electrons. The molecule has 0 aliphatic heterocycles. The topological polar surface area (TPSA) is 50.9 Å². The molecular formula is C61H67N3O. The summed E-state index contributed by atoms with van der Waals surface area (Å²) in [5, 5.41) is 12.4. The van der Waals surface area contributed by atoms with Crippen LogP contribution in [0.5, 0.6) is 5.75 Å². The molecule has 0 aliphatic rings. The zero-order valence-corrected chi connectivity index (χ0v) is 40.0. The van der Waals surface area contributed by atoms with Gasteiger partial charge in [0.15, 0.2) is 0 Å². The largest absolute Gasteiger partial charge is 0.507 e. The Morgan fingerprint density at radius 3 is 1.88 bits per heavy atom. The molecule has 0 atom stereocenters. The van der Waals surface area contributed by atoms with E-state index in [0.29, 0.717) is 44.8 Å². The van der Waals surface area contributed by atoms with Crippen LogP contribution in [0.4, 0.5) is 0 Å². The lowest BCUT2D eigenvalue weighted by molar-refractivity contribution is 0.466. The van der Waals surface area contributed by atoms with Crippen LogP contribution < -0.4 is 0 Å². The minimum atomic E-state index is -2.62. The predicted octanol–water partition coefficient (Wildman–Crippen LogP) is 16.9. The van der Waals surface area contributed by atoms with Gasteiger partial charge in [0, 0.05) is 21.4 Å². The maximum atomic E-state index is 12.4. The Hall–Kier alpha value is -6.26. The zero-order valence-electron chi connectivity index (χ0n) is 51.0. The van der Waals surface area contributed by atoms with Gasteiger partial charge in [0.05, 0.1) is 38.9 Å². The first-order valence-electron chi connectivity index (χ1n) is 28.0. The van der Waals surface area contributed by atoms with Gasteiger partial charge in [-0.15, -0.1) is 0 Å². The van der Waals surface area contributed by atoms with E-state index in [1.54, 1.807) is 12.1 Å². The lowest BCUT2D eigenvalue weighted by Gasteiger charge is -2.26. The van der Waals surface area contributed by atoms with Gasteiger partial charge in [-0.1, -0.05) is 169 Å². The van der Waals surface area contributed by atoms with Gasteiger partial charge in [0.1, 0.15) is 11.6 Å². The number of aromatic hydroxyl groups is 1. The fourth-order valence-electron chi connectivity index (χ4n) is 8.26. The molecule has 0 saturated carbocycles. The fourth-order valence-corrected chi connectivity index (χ4v) is 8.26. The number of hydrogen-bond acceptors (Lipinski definition) is 3. The molecule has 65 heavy (non-hydrogen) atoms. The summed E-state index contributed by atoms with van der Waals surface area (Å²) in [6.45, 7) is 24.7. The summed E-state index contributed by atoms with van der Waals surface area (Å²) >= 11 is 0. The highest BCUT2D eigenvalue weighted by atomic mass is 16.3. The Labute approximate surface area is 403 Å². The van der Waals surface area contributed by atoms with Crippen LogP contribution in [0.15, 0.2) is 133 Å². The average molecular weight is 869 g/mol. The number of phenols is 1. The lowest BCUT2D eigenvalue weighted by atomic mass is 9.79. The van der Waals surface area contributed by atoms with E-state index in [4.69, 9.17) is 18.7 Å². The molecule has 1 N–H and O–H groups in total. The van der Waals surface area contributed by atoms with Gasteiger partial charge in [0.25, 0.3) is 0 Å². The second-order valence-corrected chi connectivity index (χ2v) is 21.0. The summed E-state index contributed by atoms with van der Waals surface area (Å²) in [4.78, 5) is 9.89. The van der Waals surface area contributed by atoms with Crippen LogP contribution in [0, 0.1) is 6.85 Å². The Morgan fingerprint density at radius 2 is 1.25 bits per heavy atom. The minimum Gasteiger partial charge on any atom is -0.507 e. The van der Waals surface area contributed by atoms with Crippen molar-refractivity contribution in [3.63, 3.8) is 0 Å². The third-order valence-electron chi connectivity index (χ3n) is 12.3. The maximum absolute atomic E-state index is 12.4. The number of aryl methyl sites for hydroxylation is 1. The lowest BCUT2D eigenvalue weighted by Crippen LogP contribution is -2.16. The van der Waals surface area contributed by atoms with Gasteiger partial charge in [-0.25, -0.2) is 4.98 Å². The van der Waals surface area contributed by atoms with Crippen LogP contribution in [-0.4, -0.2) is 19.6 Å². The predicted molar refractivity (Wildman–Crippen MR) is 277 cm³/mol. The number of rotatable bonds is 8. The Kier molecular flexibility index (Phi) is 8.67. The maximum Gasteiger partial charge on any atom is 0.149 e. The fraction of sp³-hybridized carbons (Fsp3) is 0.311. The van der Waals surface area contributed by atoms with E-state index >= 15 is 0 Å². The minimum absolute atomic E-state index is 0.0308. The summed E-state index contributed by atoms with van der Waals surface area (Å²) < 4.78 is 99.0. The van der Waals surface area contributed by atoms with E-state index in [1.807, 2.05) is 93.8 Å². The van der Waals surface area contributed by atoms with Crippen molar-refractivity contribution in [2.45, 2.75) is 125 Å². The third kappa shape index (κ3) is 9.06. The third-order valence-corrected chi connectivity index (χ3v) is 12.3. The van der Waals surface area contributed by atoms with E-state index in [0.717, 1.165) is 38.9 Å². The van der Waals surface area contributed by atoms with E-state index in [9.17, 15) is 6.48 Å². The molecule has 0 aliphatic carbocycles. The van der Waals surface area contributed by atoms with Crippen molar-refractivity contribution in [2.24, 2.45) is 0 Å². The molecule has 4 nitrogen and oxygen atoms in total. The van der Waals surface area contributed by atoms with Crippen LogP contribution in [-0.2, 0) is 16.2 Å². The van der Waals surface area contributed by atoms with Gasteiger partial charge < -0.3 is 5.11 Å². The number of fused-ring (bicyclic) bond motifs is 1. The highest BCUT2D eigenvalue weighted by molar-refractivity contribution is 5.97. The first-order valence-corrected chi connectivity index (χ1v) is 22.5. The van der Waals surface area contributed by atoms with E-state index < -0.39 is 54.7 Å². The van der Waals surface area contributed by atoms with Crippen LogP contribution in [0.25, 0.3) is 72.7 Å². The van der Waals surface area contributed by atoms with Gasteiger partial charge in [-0.05, 0) is 145 Å².